The van der Waals surface area contributed by atoms with E-state index in [9.17, 15) is 4.79 Å². The third-order valence-electron chi connectivity index (χ3n) is 3.25. The van der Waals surface area contributed by atoms with Crippen LogP contribution in [0.15, 0.2) is 11.4 Å². The van der Waals surface area contributed by atoms with Gasteiger partial charge in [0.25, 0.3) is 5.91 Å². The molecule has 1 aliphatic heterocycles. The first kappa shape index (κ1) is 12.6. The van der Waals surface area contributed by atoms with Crippen LogP contribution in [0.4, 0.5) is 0 Å². The van der Waals surface area contributed by atoms with Gasteiger partial charge in [-0.25, -0.2) is 0 Å². The quantitative estimate of drug-likeness (QED) is 0.870. The monoisotopic (exact) mass is 252 g/mol. The fraction of sp³-hybridized carbons (Fsp3) is 0.615. The summed E-state index contributed by atoms with van der Waals surface area (Å²) in [7, 11) is 0. The maximum absolute atomic E-state index is 12.5. The van der Waals surface area contributed by atoms with Gasteiger partial charge in [0.2, 0.25) is 0 Å². The van der Waals surface area contributed by atoms with E-state index in [0.29, 0.717) is 6.04 Å². The number of nitrogens with one attached hydrogen (secondary N) is 1. The number of hydrogen-bond donors (Lipinski definition) is 1. The lowest BCUT2D eigenvalue weighted by Gasteiger charge is -2.38. The first-order chi connectivity index (χ1) is 8.27. The molecule has 3 nitrogen and oxygen atoms in total. The molecule has 1 aliphatic rings. The second-order valence-electron chi connectivity index (χ2n) is 4.44. The van der Waals surface area contributed by atoms with Gasteiger partial charge in [-0.1, -0.05) is 13.8 Å². The molecule has 2 rings (SSSR count). The molecule has 4 heteroatoms. The molecule has 0 unspecified atom stereocenters. The summed E-state index contributed by atoms with van der Waals surface area (Å²) in [5.41, 5.74) is 1.19. The van der Waals surface area contributed by atoms with E-state index >= 15 is 0 Å². The van der Waals surface area contributed by atoms with Crippen LogP contribution in [0.1, 0.15) is 35.5 Å². The Morgan fingerprint density at radius 3 is 2.82 bits per heavy atom. The van der Waals surface area contributed by atoms with E-state index in [2.05, 4.69) is 25.2 Å². The minimum atomic E-state index is 0.227. The molecule has 0 atom stereocenters. The summed E-state index contributed by atoms with van der Waals surface area (Å²) in [4.78, 5) is 15.5. The first-order valence-corrected chi connectivity index (χ1v) is 7.24. The van der Waals surface area contributed by atoms with Gasteiger partial charge >= 0.3 is 0 Å². The highest BCUT2D eigenvalue weighted by atomic mass is 32.1. The minimum Gasteiger partial charge on any atom is -0.332 e. The van der Waals surface area contributed by atoms with Gasteiger partial charge < -0.3 is 10.2 Å². The van der Waals surface area contributed by atoms with Crippen molar-refractivity contribution in [3.05, 3.63) is 21.9 Å². The molecule has 0 spiro atoms. The molecule has 0 aromatic carbocycles. The van der Waals surface area contributed by atoms with Gasteiger partial charge in [-0.2, -0.15) is 0 Å². The van der Waals surface area contributed by atoms with Crippen molar-refractivity contribution < 1.29 is 4.79 Å². The van der Waals surface area contributed by atoms with E-state index in [-0.39, 0.29) is 5.91 Å². The van der Waals surface area contributed by atoms with Crippen molar-refractivity contribution >= 4 is 17.2 Å². The van der Waals surface area contributed by atoms with Gasteiger partial charge in [0.05, 0.1) is 10.9 Å². The number of carbonyl (C=O) groups excluding carboxylic acids is 1. The fourth-order valence-electron chi connectivity index (χ4n) is 2.12. The lowest BCUT2D eigenvalue weighted by Crippen LogP contribution is -2.59. The van der Waals surface area contributed by atoms with Gasteiger partial charge in [0.1, 0.15) is 0 Å². The van der Waals surface area contributed by atoms with Crippen LogP contribution in [0.25, 0.3) is 0 Å². The van der Waals surface area contributed by atoms with Crippen molar-refractivity contribution in [1.29, 1.82) is 0 Å². The summed E-state index contributed by atoms with van der Waals surface area (Å²) in [6.45, 7) is 6.98. The normalized spacial score (nSPS) is 15.6. The molecule has 17 heavy (non-hydrogen) atoms. The SMILES string of the molecule is CCCN(C(=O)c1sccc1CC)C1CNC1. The van der Waals surface area contributed by atoms with E-state index in [1.165, 1.54) is 5.56 Å². The average Bonchev–Trinajstić information content (AvgIpc) is 2.73. The molecule has 1 aromatic heterocycles. The van der Waals surface area contributed by atoms with Crippen LogP contribution in [0.5, 0.6) is 0 Å². The maximum Gasteiger partial charge on any atom is 0.264 e. The largest absolute Gasteiger partial charge is 0.332 e. The Morgan fingerprint density at radius 1 is 1.53 bits per heavy atom. The highest BCUT2D eigenvalue weighted by molar-refractivity contribution is 7.12. The van der Waals surface area contributed by atoms with E-state index < -0.39 is 0 Å². The third-order valence-corrected chi connectivity index (χ3v) is 4.19. The zero-order chi connectivity index (χ0) is 12.3. The zero-order valence-electron chi connectivity index (χ0n) is 10.5. The van der Waals surface area contributed by atoms with Crippen LogP contribution in [0.2, 0.25) is 0 Å². The molecule has 94 valence electrons. The average molecular weight is 252 g/mol. The Balaban J connectivity index is 2.15. The molecule has 0 bridgehead atoms. The summed E-state index contributed by atoms with van der Waals surface area (Å²) in [6.07, 6.45) is 1.96. The Bertz CT molecular complexity index is 385. The first-order valence-electron chi connectivity index (χ1n) is 6.36. The zero-order valence-corrected chi connectivity index (χ0v) is 11.3. The molecule has 1 N–H and O–H groups in total. The molecule has 1 aromatic rings. The van der Waals surface area contributed by atoms with E-state index in [1.54, 1.807) is 11.3 Å². The van der Waals surface area contributed by atoms with Crippen LogP contribution in [-0.4, -0.2) is 36.5 Å². The minimum absolute atomic E-state index is 0.227. The van der Waals surface area contributed by atoms with Gasteiger partial charge in [-0.15, -0.1) is 11.3 Å². The molecule has 2 heterocycles. The molecule has 0 saturated carbocycles. The van der Waals surface area contributed by atoms with Crippen molar-refractivity contribution in [3.63, 3.8) is 0 Å². The van der Waals surface area contributed by atoms with Crippen LogP contribution in [0.3, 0.4) is 0 Å². The molecule has 1 fully saturated rings. The summed E-state index contributed by atoms with van der Waals surface area (Å²) in [6, 6.07) is 2.47. The number of hydrogen-bond acceptors (Lipinski definition) is 3. The maximum atomic E-state index is 12.5. The van der Waals surface area contributed by atoms with E-state index in [1.807, 2.05) is 10.3 Å². The molecule has 1 amide bonds. The lowest BCUT2D eigenvalue weighted by atomic mass is 10.1. The van der Waals surface area contributed by atoms with Crippen molar-refractivity contribution in [2.24, 2.45) is 0 Å². The Labute approximate surface area is 107 Å². The van der Waals surface area contributed by atoms with Crippen molar-refractivity contribution in [2.75, 3.05) is 19.6 Å². The molecule has 0 aliphatic carbocycles. The lowest BCUT2D eigenvalue weighted by molar-refractivity contribution is 0.0620. The predicted octanol–water partition coefficient (Wildman–Crippen LogP) is 2.13. The number of thiophene rings is 1. The number of rotatable bonds is 5. The summed E-state index contributed by atoms with van der Waals surface area (Å²) in [5.74, 6) is 0.227. The van der Waals surface area contributed by atoms with E-state index in [0.717, 1.165) is 37.4 Å². The van der Waals surface area contributed by atoms with Gasteiger partial charge in [0.15, 0.2) is 0 Å². The molecular formula is C13H20N2OS. The van der Waals surface area contributed by atoms with Crippen molar-refractivity contribution in [1.82, 2.24) is 10.2 Å². The Kier molecular flexibility index (Phi) is 4.18. The molecule has 0 radical (unpaired) electrons. The standard InChI is InChI=1S/C13H20N2OS/c1-3-6-15(11-8-14-9-11)13(16)12-10(4-2)5-7-17-12/h5,7,11,14H,3-4,6,8-9H2,1-2H3. The third kappa shape index (κ3) is 2.53. The Hall–Kier alpha value is -0.870. The highest BCUT2D eigenvalue weighted by Crippen LogP contribution is 2.21. The van der Waals surface area contributed by atoms with Gasteiger partial charge in [0, 0.05) is 19.6 Å². The van der Waals surface area contributed by atoms with Crippen LogP contribution in [0, 0.1) is 0 Å². The van der Waals surface area contributed by atoms with Crippen LogP contribution < -0.4 is 5.32 Å². The molecule has 1 saturated heterocycles. The topological polar surface area (TPSA) is 32.3 Å². The predicted molar refractivity (Wildman–Crippen MR) is 71.7 cm³/mol. The van der Waals surface area contributed by atoms with E-state index in [4.69, 9.17) is 0 Å². The molecular weight excluding hydrogens is 232 g/mol. The highest BCUT2D eigenvalue weighted by Gasteiger charge is 2.29. The number of amides is 1. The van der Waals surface area contributed by atoms with Gasteiger partial charge in [-0.3, -0.25) is 4.79 Å². The fourth-order valence-corrected chi connectivity index (χ4v) is 3.07. The number of aryl methyl sites for hydroxylation is 1. The second kappa shape index (κ2) is 5.65. The number of carbonyl (C=O) groups is 1. The van der Waals surface area contributed by atoms with Crippen molar-refractivity contribution in [3.8, 4) is 0 Å². The van der Waals surface area contributed by atoms with Crippen LogP contribution in [-0.2, 0) is 6.42 Å². The second-order valence-corrected chi connectivity index (χ2v) is 5.36. The number of nitrogens with zero attached hydrogens (tertiary/aromatic N) is 1. The summed E-state index contributed by atoms with van der Waals surface area (Å²) in [5, 5.41) is 5.26. The van der Waals surface area contributed by atoms with Gasteiger partial charge in [-0.05, 0) is 29.9 Å². The van der Waals surface area contributed by atoms with Crippen molar-refractivity contribution in [2.45, 2.75) is 32.7 Å². The van der Waals surface area contributed by atoms with Crippen LogP contribution >= 0.6 is 11.3 Å². The smallest absolute Gasteiger partial charge is 0.264 e. The summed E-state index contributed by atoms with van der Waals surface area (Å²) >= 11 is 1.58. The Morgan fingerprint density at radius 2 is 2.29 bits per heavy atom. The summed E-state index contributed by atoms with van der Waals surface area (Å²) < 4.78 is 0.